The van der Waals surface area contributed by atoms with Gasteiger partial charge in [0.05, 0.1) is 0 Å². The monoisotopic (exact) mass is 488 g/mol. The van der Waals surface area contributed by atoms with Gasteiger partial charge in [0, 0.05) is 17.9 Å². The number of hydrogen-bond acceptors (Lipinski definition) is 7. The summed E-state index contributed by atoms with van der Waals surface area (Å²) in [7, 11) is 1.54. The SMILES string of the molecule is COC1OC2C(COc3cccc4ccccc34)OCOC(COc3cccc4ccccc34)C2O1. The lowest BCUT2D eigenvalue weighted by Gasteiger charge is -2.25. The molecule has 4 aromatic rings. The predicted octanol–water partition coefficient (Wildman–Crippen LogP) is 4.91. The van der Waals surface area contributed by atoms with Crippen LogP contribution in [0.2, 0.25) is 0 Å². The number of ether oxygens (including phenoxy) is 7. The van der Waals surface area contributed by atoms with Crippen LogP contribution in [0.3, 0.4) is 0 Å². The Balaban J connectivity index is 1.18. The number of rotatable bonds is 7. The molecule has 0 spiro atoms. The van der Waals surface area contributed by atoms with Crippen LogP contribution >= 0.6 is 0 Å². The second-order valence-electron chi connectivity index (χ2n) is 8.83. The molecule has 36 heavy (non-hydrogen) atoms. The number of fused-ring (bicyclic) bond motifs is 3. The van der Waals surface area contributed by atoms with E-state index in [4.69, 9.17) is 33.2 Å². The van der Waals surface area contributed by atoms with Crippen molar-refractivity contribution in [3.8, 4) is 11.5 Å². The van der Waals surface area contributed by atoms with Crippen LogP contribution in [0.5, 0.6) is 11.5 Å². The Labute approximate surface area is 209 Å². The Morgan fingerprint density at radius 2 is 1.11 bits per heavy atom. The van der Waals surface area contributed by atoms with Crippen LogP contribution in [0.25, 0.3) is 21.5 Å². The molecule has 186 valence electrons. The van der Waals surface area contributed by atoms with Crippen molar-refractivity contribution in [3.05, 3.63) is 84.9 Å². The van der Waals surface area contributed by atoms with Crippen LogP contribution in [0.1, 0.15) is 0 Å². The molecule has 4 atom stereocenters. The molecule has 4 unspecified atom stereocenters. The zero-order valence-corrected chi connectivity index (χ0v) is 19.9. The minimum absolute atomic E-state index is 0.0739. The minimum atomic E-state index is -0.814. The normalized spacial score (nSPS) is 26.0. The average Bonchev–Trinajstić information content (AvgIpc) is 3.29. The first-order chi connectivity index (χ1) is 17.8. The first-order valence-corrected chi connectivity index (χ1v) is 12.1. The van der Waals surface area contributed by atoms with Gasteiger partial charge in [-0.1, -0.05) is 72.8 Å². The third-order valence-electron chi connectivity index (χ3n) is 6.66. The summed E-state index contributed by atoms with van der Waals surface area (Å²) in [4.78, 5) is 0. The van der Waals surface area contributed by atoms with E-state index in [1.807, 2.05) is 60.7 Å². The van der Waals surface area contributed by atoms with Gasteiger partial charge in [0.2, 0.25) is 0 Å². The summed E-state index contributed by atoms with van der Waals surface area (Å²) in [5, 5.41) is 4.31. The molecule has 0 aromatic heterocycles. The quantitative estimate of drug-likeness (QED) is 0.366. The fraction of sp³-hybridized carbons (Fsp3) is 0.310. The molecule has 2 aliphatic heterocycles. The van der Waals surface area contributed by atoms with Gasteiger partial charge in [0.15, 0.2) is 0 Å². The van der Waals surface area contributed by atoms with E-state index in [2.05, 4.69) is 24.3 Å². The second-order valence-corrected chi connectivity index (χ2v) is 8.83. The standard InChI is InChI=1S/C29H28O7/c1-30-29-35-27-25(16-31-23-14-6-10-19-8-2-4-12-21(19)23)33-18-34-26(28(27)36-29)17-32-24-15-7-11-20-9-3-5-13-22(20)24/h2-15,25-29H,16-18H2,1H3. The van der Waals surface area contributed by atoms with E-state index in [0.717, 1.165) is 33.0 Å². The zero-order chi connectivity index (χ0) is 24.3. The smallest absolute Gasteiger partial charge is 0.272 e. The van der Waals surface area contributed by atoms with E-state index in [0.29, 0.717) is 0 Å². The summed E-state index contributed by atoms with van der Waals surface area (Å²) < 4.78 is 41.9. The molecule has 0 N–H and O–H groups in total. The van der Waals surface area contributed by atoms with Gasteiger partial charge >= 0.3 is 0 Å². The molecule has 6 rings (SSSR count). The van der Waals surface area contributed by atoms with Crippen LogP contribution in [-0.2, 0) is 23.7 Å². The van der Waals surface area contributed by atoms with Gasteiger partial charge in [-0.15, -0.1) is 0 Å². The van der Waals surface area contributed by atoms with E-state index in [-0.39, 0.29) is 20.0 Å². The molecule has 2 saturated heterocycles. The highest BCUT2D eigenvalue weighted by atomic mass is 16.9. The van der Waals surface area contributed by atoms with Gasteiger partial charge in [-0.25, -0.2) is 0 Å². The van der Waals surface area contributed by atoms with Crippen molar-refractivity contribution in [3.63, 3.8) is 0 Å². The Morgan fingerprint density at radius 1 is 0.639 bits per heavy atom. The van der Waals surface area contributed by atoms with Gasteiger partial charge in [-0.05, 0) is 22.9 Å². The minimum Gasteiger partial charge on any atom is -0.490 e. The zero-order valence-electron chi connectivity index (χ0n) is 19.9. The molecule has 2 aliphatic rings. The third-order valence-corrected chi connectivity index (χ3v) is 6.66. The highest BCUT2D eigenvalue weighted by Crippen LogP contribution is 2.33. The molecular formula is C29H28O7. The fourth-order valence-electron chi connectivity index (χ4n) is 4.83. The third kappa shape index (κ3) is 4.64. The summed E-state index contributed by atoms with van der Waals surface area (Å²) in [6.07, 6.45) is -1.74. The van der Waals surface area contributed by atoms with Gasteiger partial charge in [0.25, 0.3) is 6.48 Å². The van der Waals surface area contributed by atoms with E-state index < -0.39 is 30.9 Å². The molecule has 0 aliphatic carbocycles. The molecule has 7 nitrogen and oxygen atoms in total. The lowest BCUT2D eigenvalue weighted by Crippen LogP contribution is -2.45. The molecule has 7 heteroatoms. The fourth-order valence-corrected chi connectivity index (χ4v) is 4.83. The van der Waals surface area contributed by atoms with Crippen molar-refractivity contribution in [2.45, 2.75) is 30.9 Å². The van der Waals surface area contributed by atoms with Crippen molar-refractivity contribution in [1.82, 2.24) is 0 Å². The molecule has 2 heterocycles. The van der Waals surface area contributed by atoms with Crippen molar-refractivity contribution < 1.29 is 33.2 Å². The summed E-state index contributed by atoms with van der Waals surface area (Å²) in [5.74, 6) is 1.58. The highest BCUT2D eigenvalue weighted by Gasteiger charge is 2.49. The number of benzene rings is 4. The summed E-state index contributed by atoms with van der Waals surface area (Å²) in [6, 6.07) is 28.2. The predicted molar refractivity (Wildman–Crippen MR) is 134 cm³/mol. The topological polar surface area (TPSA) is 64.6 Å². The van der Waals surface area contributed by atoms with Crippen molar-refractivity contribution in [2.24, 2.45) is 0 Å². The van der Waals surface area contributed by atoms with E-state index in [1.54, 1.807) is 7.11 Å². The molecular weight excluding hydrogens is 460 g/mol. The van der Waals surface area contributed by atoms with Crippen LogP contribution in [0.4, 0.5) is 0 Å². The van der Waals surface area contributed by atoms with Crippen LogP contribution in [0, 0.1) is 0 Å². The van der Waals surface area contributed by atoms with E-state index in [1.165, 1.54) is 0 Å². The number of methoxy groups -OCH3 is 1. The number of hydrogen-bond donors (Lipinski definition) is 0. The first-order valence-electron chi connectivity index (χ1n) is 12.1. The average molecular weight is 489 g/mol. The second kappa shape index (κ2) is 10.4. The van der Waals surface area contributed by atoms with Crippen LogP contribution in [-0.4, -0.2) is 58.0 Å². The lowest BCUT2D eigenvalue weighted by molar-refractivity contribution is -0.252. The Morgan fingerprint density at radius 3 is 1.61 bits per heavy atom. The van der Waals surface area contributed by atoms with Gasteiger partial charge in [-0.2, -0.15) is 0 Å². The highest BCUT2D eigenvalue weighted by molar-refractivity contribution is 5.88. The van der Waals surface area contributed by atoms with Gasteiger partial charge < -0.3 is 33.2 Å². The Kier molecular flexibility index (Phi) is 6.72. The van der Waals surface area contributed by atoms with Crippen LogP contribution in [0.15, 0.2) is 84.9 Å². The maximum atomic E-state index is 6.22. The van der Waals surface area contributed by atoms with Gasteiger partial charge in [-0.3, -0.25) is 0 Å². The van der Waals surface area contributed by atoms with Crippen LogP contribution < -0.4 is 9.47 Å². The van der Waals surface area contributed by atoms with Crippen molar-refractivity contribution >= 4 is 21.5 Å². The molecule has 0 saturated carbocycles. The maximum absolute atomic E-state index is 6.22. The summed E-state index contributed by atoms with van der Waals surface area (Å²) in [5.41, 5.74) is 0. The molecule has 0 amide bonds. The molecule has 2 fully saturated rings. The van der Waals surface area contributed by atoms with E-state index in [9.17, 15) is 0 Å². The van der Waals surface area contributed by atoms with Crippen molar-refractivity contribution in [2.75, 3.05) is 27.1 Å². The first kappa shape index (κ1) is 23.2. The van der Waals surface area contributed by atoms with Gasteiger partial charge in [0.1, 0.15) is 55.9 Å². The maximum Gasteiger partial charge on any atom is 0.272 e. The van der Waals surface area contributed by atoms with Crippen molar-refractivity contribution in [1.29, 1.82) is 0 Å². The molecule has 4 aromatic carbocycles. The molecule has 0 bridgehead atoms. The lowest BCUT2D eigenvalue weighted by atomic mass is 10.0. The Bertz CT molecular complexity index is 1220. The summed E-state index contributed by atoms with van der Waals surface area (Å²) in [6.45, 7) is -0.194. The Hall–Kier alpha value is -3.20. The molecule has 0 radical (unpaired) electrons. The van der Waals surface area contributed by atoms with E-state index >= 15 is 0 Å². The summed E-state index contributed by atoms with van der Waals surface area (Å²) >= 11 is 0. The largest absolute Gasteiger partial charge is 0.490 e.